The molecule has 0 atom stereocenters. The van der Waals surface area contributed by atoms with Crippen LogP contribution in [0.3, 0.4) is 0 Å². The third-order valence-corrected chi connectivity index (χ3v) is 5.94. The zero-order valence-corrected chi connectivity index (χ0v) is 17.0. The molecule has 0 amide bonds. The Kier molecular flexibility index (Phi) is 5.43. The van der Waals surface area contributed by atoms with Crippen molar-refractivity contribution in [3.8, 4) is 22.7 Å². The van der Waals surface area contributed by atoms with E-state index in [1.54, 1.807) is 7.11 Å². The van der Waals surface area contributed by atoms with Gasteiger partial charge in [-0.2, -0.15) is 5.10 Å². The average molecular weight is 392 g/mol. The first-order valence-electron chi connectivity index (χ1n) is 10.3. The topological polar surface area (TPSA) is 67.5 Å². The quantitative estimate of drug-likeness (QED) is 0.682. The second kappa shape index (κ2) is 8.01. The van der Waals surface area contributed by atoms with Gasteiger partial charge in [0.2, 0.25) is 0 Å². The smallest absolute Gasteiger partial charge is 0.119 e. The summed E-state index contributed by atoms with van der Waals surface area (Å²) in [6.45, 7) is 2.14. The molecule has 0 saturated heterocycles. The molecule has 5 nitrogen and oxygen atoms in total. The minimum atomic E-state index is -1.00. The van der Waals surface area contributed by atoms with Gasteiger partial charge in [0.1, 0.15) is 11.4 Å². The average Bonchev–Trinajstić information content (AvgIpc) is 3.22. The van der Waals surface area contributed by atoms with E-state index in [9.17, 15) is 10.2 Å². The van der Waals surface area contributed by atoms with Crippen molar-refractivity contribution in [2.24, 2.45) is 0 Å². The van der Waals surface area contributed by atoms with Crippen LogP contribution in [-0.2, 0) is 12.0 Å². The largest absolute Gasteiger partial charge is 0.497 e. The lowest BCUT2D eigenvalue weighted by Gasteiger charge is -2.32. The molecule has 0 bridgehead atoms. The van der Waals surface area contributed by atoms with E-state index in [2.05, 4.69) is 31.2 Å². The van der Waals surface area contributed by atoms with Crippen LogP contribution in [0.1, 0.15) is 43.9 Å². The van der Waals surface area contributed by atoms with Crippen molar-refractivity contribution in [2.75, 3.05) is 7.11 Å². The van der Waals surface area contributed by atoms with Gasteiger partial charge in [0.25, 0.3) is 0 Å². The van der Waals surface area contributed by atoms with E-state index in [1.165, 1.54) is 5.56 Å². The molecule has 0 radical (unpaired) electrons. The van der Waals surface area contributed by atoms with E-state index in [0.29, 0.717) is 31.4 Å². The van der Waals surface area contributed by atoms with E-state index in [-0.39, 0.29) is 6.10 Å². The Hall–Kier alpha value is -2.63. The van der Waals surface area contributed by atoms with Crippen LogP contribution in [0.5, 0.6) is 5.75 Å². The summed E-state index contributed by atoms with van der Waals surface area (Å²) in [4.78, 5) is 0. The molecular weight excluding hydrogens is 364 g/mol. The molecule has 2 N–H and O–H groups in total. The summed E-state index contributed by atoms with van der Waals surface area (Å²) in [6.07, 6.45) is 2.87. The molecule has 1 aliphatic rings. The lowest BCUT2D eigenvalue weighted by atomic mass is 9.81. The van der Waals surface area contributed by atoms with Crippen LogP contribution >= 0.6 is 0 Å². The lowest BCUT2D eigenvalue weighted by Crippen LogP contribution is -2.33. The number of aliphatic hydroxyl groups is 2. The Balaban J connectivity index is 1.79. The molecule has 3 aromatic rings. The summed E-state index contributed by atoms with van der Waals surface area (Å²) in [5.74, 6) is 0.787. The van der Waals surface area contributed by atoms with Crippen LogP contribution in [0.2, 0.25) is 0 Å². The molecular formula is C24H28N2O3. The number of methoxy groups -OCH3 is 1. The molecule has 0 unspecified atom stereocenters. The number of hydrogen-bond donors (Lipinski definition) is 2. The second-order valence-electron chi connectivity index (χ2n) is 7.84. The first-order valence-corrected chi connectivity index (χ1v) is 10.3. The van der Waals surface area contributed by atoms with Crippen LogP contribution in [-0.4, -0.2) is 33.2 Å². The Labute approximate surface area is 171 Å². The molecule has 5 heteroatoms. The van der Waals surface area contributed by atoms with Gasteiger partial charge < -0.3 is 14.9 Å². The van der Waals surface area contributed by atoms with Gasteiger partial charge in [0, 0.05) is 5.56 Å². The van der Waals surface area contributed by atoms with Crippen LogP contribution in [0, 0.1) is 0 Å². The lowest BCUT2D eigenvalue weighted by molar-refractivity contribution is -0.0393. The first-order chi connectivity index (χ1) is 14.0. The fourth-order valence-electron chi connectivity index (χ4n) is 3.98. The number of hydrogen-bond acceptors (Lipinski definition) is 4. The molecule has 152 valence electrons. The van der Waals surface area contributed by atoms with Crippen LogP contribution in [0.15, 0.2) is 54.6 Å². The fraction of sp³-hybridized carbons (Fsp3) is 0.375. The van der Waals surface area contributed by atoms with Crippen LogP contribution in [0.25, 0.3) is 16.9 Å². The van der Waals surface area contributed by atoms with Crippen LogP contribution in [0.4, 0.5) is 0 Å². The van der Waals surface area contributed by atoms with Crippen molar-refractivity contribution in [1.29, 1.82) is 0 Å². The monoisotopic (exact) mass is 392 g/mol. The number of ether oxygens (including phenoxy) is 1. The maximum atomic E-state index is 11.2. The Morgan fingerprint density at radius 3 is 2.31 bits per heavy atom. The fourth-order valence-corrected chi connectivity index (χ4v) is 3.98. The highest BCUT2D eigenvalue weighted by atomic mass is 16.5. The van der Waals surface area contributed by atoms with E-state index in [4.69, 9.17) is 9.84 Å². The van der Waals surface area contributed by atoms with Crippen molar-refractivity contribution in [2.45, 2.75) is 50.7 Å². The third kappa shape index (κ3) is 3.93. The van der Waals surface area contributed by atoms with Crippen LogP contribution < -0.4 is 4.74 Å². The number of benzene rings is 2. The van der Waals surface area contributed by atoms with Gasteiger partial charge in [-0.3, -0.25) is 0 Å². The van der Waals surface area contributed by atoms with Gasteiger partial charge in [-0.05, 0) is 68.0 Å². The molecule has 1 heterocycles. The number of rotatable bonds is 5. The molecule has 1 saturated carbocycles. The van der Waals surface area contributed by atoms with E-state index >= 15 is 0 Å². The molecule has 1 aliphatic carbocycles. The molecule has 1 fully saturated rings. The highest BCUT2D eigenvalue weighted by molar-refractivity contribution is 5.63. The number of nitrogens with zero attached hydrogens (tertiary/aromatic N) is 2. The minimum Gasteiger partial charge on any atom is -0.497 e. The van der Waals surface area contributed by atoms with Gasteiger partial charge in [0.15, 0.2) is 0 Å². The van der Waals surface area contributed by atoms with Crippen molar-refractivity contribution >= 4 is 0 Å². The van der Waals surface area contributed by atoms with E-state index in [1.807, 2.05) is 35.0 Å². The number of aromatic nitrogens is 2. The Morgan fingerprint density at radius 2 is 1.72 bits per heavy atom. The van der Waals surface area contributed by atoms with Gasteiger partial charge in [-0.1, -0.05) is 31.2 Å². The molecule has 0 aliphatic heterocycles. The summed E-state index contributed by atoms with van der Waals surface area (Å²) in [6, 6.07) is 18.2. The predicted molar refractivity (Wildman–Crippen MR) is 113 cm³/mol. The van der Waals surface area contributed by atoms with E-state index < -0.39 is 5.60 Å². The SMILES string of the molecule is CCc1ccc(-c2cc(C3(O)CCC(O)CC3)nn2-c2ccc(OC)cc2)cc1. The molecule has 0 spiro atoms. The summed E-state index contributed by atoms with van der Waals surface area (Å²) in [7, 11) is 1.65. The minimum absolute atomic E-state index is 0.333. The summed E-state index contributed by atoms with van der Waals surface area (Å²) >= 11 is 0. The normalized spacial score (nSPS) is 21.9. The molecule has 29 heavy (non-hydrogen) atoms. The molecule has 1 aromatic heterocycles. The summed E-state index contributed by atoms with van der Waals surface area (Å²) in [5, 5.41) is 25.9. The maximum Gasteiger partial charge on any atom is 0.119 e. The second-order valence-corrected chi connectivity index (χ2v) is 7.84. The number of aryl methyl sites for hydroxylation is 1. The Bertz CT molecular complexity index is 888. The number of aliphatic hydroxyl groups excluding tert-OH is 1. The Morgan fingerprint density at radius 1 is 1.07 bits per heavy atom. The highest BCUT2D eigenvalue weighted by Crippen LogP contribution is 2.38. The van der Waals surface area contributed by atoms with Crippen molar-refractivity contribution in [1.82, 2.24) is 9.78 Å². The maximum absolute atomic E-state index is 11.2. The summed E-state index contributed by atoms with van der Waals surface area (Å²) in [5.41, 5.74) is 3.84. The zero-order chi connectivity index (χ0) is 20.4. The van der Waals surface area contributed by atoms with Crippen molar-refractivity contribution < 1.29 is 14.9 Å². The van der Waals surface area contributed by atoms with Crippen molar-refractivity contribution in [3.05, 3.63) is 65.9 Å². The third-order valence-electron chi connectivity index (χ3n) is 5.94. The van der Waals surface area contributed by atoms with Gasteiger partial charge in [-0.15, -0.1) is 0 Å². The molecule has 4 rings (SSSR count). The molecule has 2 aromatic carbocycles. The highest BCUT2D eigenvalue weighted by Gasteiger charge is 2.37. The van der Waals surface area contributed by atoms with Gasteiger partial charge >= 0.3 is 0 Å². The van der Waals surface area contributed by atoms with E-state index in [0.717, 1.165) is 29.1 Å². The van der Waals surface area contributed by atoms with Gasteiger partial charge in [-0.25, -0.2) is 4.68 Å². The summed E-state index contributed by atoms with van der Waals surface area (Å²) < 4.78 is 7.17. The predicted octanol–water partition coefficient (Wildman–Crippen LogP) is 4.23. The van der Waals surface area contributed by atoms with Gasteiger partial charge in [0.05, 0.1) is 30.3 Å². The standard InChI is InChI=1S/C24H28N2O3/c1-3-17-4-6-18(7-5-17)22-16-23(24(28)14-12-20(27)13-15-24)25-26(22)19-8-10-21(29-2)11-9-19/h4-11,16,20,27-28H,3,12-15H2,1-2H3. The first kappa shape index (κ1) is 19.7. The zero-order valence-electron chi connectivity index (χ0n) is 17.0. The van der Waals surface area contributed by atoms with Crippen molar-refractivity contribution in [3.63, 3.8) is 0 Å².